The second-order valence-corrected chi connectivity index (χ2v) is 6.75. The van der Waals surface area contributed by atoms with Gasteiger partial charge in [-0.15, -0.1) is 0 Å². The van der Waals surface area contributed by atoms with Crippen LogP contribution in [-0.4, -0.2) is 29.7 Å². The van der Waals surface area contributed by atoms with Crippen molar-refractivity contribution in [1.82, 2.24) is 10.3 Å². The van der Waals surface area contributed by atoms with Gasteiger partial charge in [0.25, 0.3) is 0 Å². The first-order valence-electron chi connectivity index (χ1n) is 8.55. The second-order valence-electron chi connectivity index (χ2n) is 6.75. The van der Waals surface area contributed by atoms with Gasteiger partial charge in [-0.1, -0.05) is 6.07 Å². The molecular formula is C20H26N2O4. The third kappa shape index (κ3) is 5.74. The van der Waals surface area contributed by atoms with Gasteiger partial charge < -0.3 is 19.9 Å². The summed E-state index contributed by atoms with van der Waals surface area (Å²) >= 11 is 0. The lowest BCUT2D eigenvalue weighted by molar-refractivity contribution is -0.147. The average Bonchev–Trinajstić information content (AvgIpc) is 2.64. The summed E-state index contributed by atoms with van der Waals surface area (Å²) in [4.78, 5) is 15.1. The van der Waals surface area contributed by atoms with Crippen LogP contribution in [-0.2, 0) is 17.9 Å². The number of hydrogen-bond acceptors (Lipinski definition) is 5. The number of rotatable bonds is 10. The molecule has 0 amide bonds. The quantitative estimate of drug-likeness (QED) is 0.635. The summed E-state index contributed by atoms with van der Waals surface area (Å²) < 4.78 is 11.3. The molecule has 0 fully saturated rings. The molecule has 0 saturated carbocycles. The maximum Gasteiger partial charge on any atom is 0.309 e. The van der Waals surface area contributed by atoms with Gasteiger partial charge >= 0.3 is 5.97 Å². The van der Waals surface area contributed by atoms with Gasteiger partial charge in [-0.2, -0.15) is 0 Å². The standard InChI is InChI=1S/C20H26N2O4/c1-20(2,19(23)24)8-11-22-13-16-4-5-17(18(12-16)25-3)26-14-15-6-9-21-10-7-15/h4-7,9-10,12,22H,8,11,13-14H2,1-3H3,(H,23,24). The SMILES string of the molecule is COc1cc(CNCCC(C)(C)C(=O)O)ccc1OCc1ccncc1. The number of carbonyl (C=O) groups is 1. The Morgan fingerprint density at radius 2 is 1.88 bits per heavy atom. The van der Waals surface area contributed by atoms with Crippen LogP contribution in [0.2, 0.25) is 0 Å². The van der Waals surface area contributed by atoms with Crippen molar-refractivity contribution in [2.45, 2.75) is 33.4 Å². The molecule has 6 nitrogen and oxygen atoms in total. The van der Waals surface area contributed by atoms with E-state index < -0.39 is 11.4 Å². The van der Waals surface area contributed by atoms with Crippen molar-refractivity contribution in [3.8, 4) is 11.5 Å². The van der Waals surface area contributed by atoms with E-state index >= 15 is 0 Å². The minimum Gasteiger partial charge on any atom is -0.493 e. The number of carboxylic acid groups (broad SMARTS) is 1. The number of ether oxygens (including phenoxy) is 2. The monoisotopic (exact) mass is 358 g/mol. The van der Waals surface area contributed by atoms with Crippen molar-refractivity contribution in [2.24, 2.45) is 5.41 Å². The Morgan fingerprint density at radius 3 is 2.54 bits per heavy atom. The molecule has 2 N–H and O–H groups in total. The molecule has 140 valence electrons. The van der Waals surface area contributed by atoms with E-state index in [0.717, 1.165) is 11.1 Å². The van der Waals surface area contributed by atoms with Gasteiger partial charge in [0.1, 0.15) is 6.61 Å². The molecule has 6 heteroatoms. The van der Waals surface area contributed by atoms with Crippen molar-refractivity contribution < 1.29 is 19.4 Å². The first-order chi connectivity index (χ1) is 12.4. The minimum atomic E-state index is -0.781. The zero-order valence-electron chi connectivity index (χ0n) is 15.5. The van der Waals surface area contributed by atoms with E-state index in [4.69, 9.17) is 14.6 Å². The van der Waals surface area contributed by atoms with Crippen LogP contribution in [0.25, 0.3) is 0 Å². The van der Waals surface area contributed by atoms with E-state index in [1.54, 1.807) is 33.4 Å². The smallest absolute Gasteiger partial charge is 0.309 e. The Hall–Kier alpha value is -2.60. The number of aromatic nitrogens is 1. The Kier molecular flexibility index (Phi) is 6.97. The summed E-state index contributed by atoms with van der Waals surface area (Å²) in [6.45, 7) is 5.17. The lowest BCUT2D eigenvalue weighted by atomic mass is 9.90. The Bertz CT molecular complexity index is 717. The van der Waals surface area contributed by atoms with E-state index in [0.29, 0.717) is 37.6 Å². The highest BCUT2D eigenvalue weighted by Gasteiger charge is 2.26. The number of nitrogens with zero attached hydrogens (tertiary/aromatic N) is 1. The molecule has 0 saturated heterocycles. The fourth-order valence-electron chi connectivity index (χ4n) is 2.32. The van der Waals surface area contributed by atoms with Gasteiger partial charge in [-0.3, -0.25) is 9.78 Å². The van der Waals surface area contributed by atoms with Crippen molar-refractivity contribution in [2.75, 3.05) is 13.7 Å². The van der Waals surface area contributed by atoms with Gasteiger partial charge in [0.15, 0.2) is 11.5 Å². The van der Waals surface area contributed by atoms with Crippen LogP contribution in [0.15, 0.2) is 42.7 Å². The van der Waals surface area contributed by atoms with E-state index in [1.165, 1.54) is 0 Å². The van der Waals surface area contributed by atoms with E-state index in [9.17, 15) is 4.79 Å². The Balaban J connectivity index is 1.88. The van der Waals surface area contributed by atoms with Crippen LogP contribution < -0.4 is 14.8 Å². The van der Waals surface area contributed by atoms with Gasteiger partial charge in [-0.05, 0) is 62.2 Å². The molecule has 1 heterocycles. The number of methoxy groups -OCH3 is 1. The van der Waals surface area contributed by atoms with Crippen molar-refractivity contribution in [3.05, 3.63) is 53.9 Å². The molecule has 0 unspecified atom stereocenters. The molecular weight excluding hydrogens is 332 g/mol. The first kappa shape index (κ1) is 19.7. The number of benzene rings is 1. The van der Waals surface area contributed by atoms with Crippen molar-refractivity contribution in [3.63, 3.8) is 0 Å². The normalized spacial score (nSPS) is 11.2. The van der Waals surface area contributed by atoms with Crippen molar-refractivity contribution >= 4 is 5.97 Å². The topological polar surface area (TPSA) is 80.7 Å². The molecule has 0 aliphatic heterocycles. The number of carboxylic acids is 1. The summed E-state index contributed by atoms with van der Waals surface area (Å²) in [7, 11) is 1.61. The molecule has 0 aliphatic carbocycles. The van der Waals surface area contributed by atoms with Crippen LogP contribution in [0.4, 0.5) is 0 Å². The molecule has 2 rings (SSSR count). The van der Waals surface area contributed by atoms with Gasteiger partial charge in [0.2, 0.25) is 0 Å². The predicted octanol–water partition coefficient (Wildman–Crippen LogP) is 3.26. The highest BCUT2D eigenvalue weighted by molar-refractivity contribution is 5.73. The van der Waals surface area contributed by atoms with Crippen LogP contribution in [0, 0.1) is 5.41 Å². The van der Waals surface area contributed by atoms with Gasteiger partial charge in [-0.25, -0.2) is 0 Å². The van der Waals surface area contributed by atoms with Crippen LogP contribution in [0.5, 0.6) is 11.5 Å². The van der Waals surface area contributed by atoms with E-state index in [-0.39, 0.29) is 0 Å². The van der Waals surface area contributed by atoms with Crippen LogP contribution in [0.1, 0.15) is 31.4 Å². The highest BCUT2D eigenvalue weighted by atomic mass is 16.5. The molecule has 1 aromatic carbocycles. The van der Waals surface area contributed by atoms with Crippen LogP contribution in [0.3, 0.4) is 0 Å². The first-order valence-corrected chi connectivity index (χ1v) is 8.55. The summed E-state index contributed by atoms with van der Waals surface area (Å²) in [6.07, 6.45) is 4.03. The molecule has 2 aromatic rings. The molecule has 0 atom stereocenters. The van der Waals surface area contributed by atoms with E-state index in [1.807, 2.05) is 30.3 Å². The third-order valence-electron chi connectivity index (χ3n) is 4.21. The summed E-state index contributed by atoms with van der Waals surface area (Å²) in [5, 5.41) is 12.4. The van der Waals surface area contributed by atoms with Crippen molar-refractivity contribution in [1.29, 1.82) is 0 Å². The summed E-state index contributed by atoms with van der Waals surface area (Å²) in [5.74, 6) is 0.570. The molecule has 0 aliphatic rings. The summed E-state index contributed by atoms with van der Waals surface area (Å²) in [5.41, 5.74) is 1.36. The Labute approximate surface area is 154 Å². The van der Waals surface area contributed by atoms with Gasteiger partial charge in [0.05, 0.1) is 12.5 Å². The maximum absolute atomic E-state index is 11.1. The summed E-state index contributed by atoms with van der Waals surface area (Å²) in [6, 6.07) is 9.60. The lowest BCUT2D eigenvalue weighted by Gasteiger charge is -2.19. The lowest BCUT2D eigenvalue weighted by Crippen LogP contribution is -2.28. The average molecular weight is 358 g/mol. The Morgan fingerprint density at radius 1 is 1.15 bits per heavy atom. The molecule has 0 radical (unpaired) electrons. The van der Waals surface area contributed by atoms with Gasteiger partial charge in [0, 0.05) is 18.9 Å². The maximum atomic E-state index is 11.1. The fraction of sp³-hybridized carbons (Fsp3) is 0.400. The zero-order chi connectivity index (χ0) is 19.0. The largest absolute Gasteiger partial charge is 0.493 e. The number of nitrogens with one attached hydrogen (secondary N) is 1. The predicted molar refractivity (Wildman–Crippen MR) is 99.3 cm³/mol. The van der Waals surface area contributed by atoms with Crippen LogP contribution >= 0.6 is 0 Å². The number of aliphatic carboxylic acids is 1. The zero-order valence-corrected chi connectivity index (χ0v) is 15.5. The molecule has 26 heavy (non-hydrogen) atoms. The fourth-order valence-corrected chi connectivity index (χ4v) is 2.32. The minimum absolute atomic E-state index is 0.445. The molecule has 1 aromatic heterocycles. The third-order valence-corrected chi connectivity index (χ3v) is 4.21. The number of hydrogen-bond donors (Lipinski definition) is 2. The highest BCUT2D eigenvalue weighted by Crippen LogP contribution is 2.29. The molecule has 0 spiro atoms. The number of pyridine rings is 1. The van der Waals surface area contributed by atoms with E-state index in [2.05, 4.69) is 10.3 Å². The second kappa shape index (κ2) is 9.20. The molecule has 0 bridgehead atoms.